The molecule has 1 heterocycles. The first-order valence-electron chi connectivity index (χ1n) is 11.5. The van der Waals surface area contributed by atoms with Crippen molar-refractivity contribution in [1.82, 2.24) is 0 Å². The van der Waals surface area contributed by atoms with Crippen molar-refractivity contribution in [2.75, 3.05) is 13.2 Å². The maximum Gasteiger partial charge on any atom is 0.166 e. The summed E-state index contributed by atoms with van der Waals surface area (Å²) in [6, 6.07) is 7.69. The molecule has 0 saturated carbocycles. The maximum atomic E-state index is 14.9. The molecule has 170 valence electrons. The van der Waals surface area contributed by atoms with Crippen LogP contribution in [0.5, 0.6) is 0 Å². The van der Waals surface area contributed by atoms with Crippen molar-refractivity contribution in [3.63, 3.8) is 0 Å². The average molecular weight is 435 g/mol. The first-order chi connectivity index (χ1) is 15.0. The molecule has 0 N–H and O–H groups in total. The smallest absolute Gasteiger partial charge is 0.166 e. The van der Waals surface area contributed by atoms with Gasteiger partial charge in [0.25, 0.3) is 0 Å². The summed E-state index contributed by atoms with van der Waals surface area (Å²) < 4.78 is 55.7. The lowest BCUT2D eigenvalue weighted by atomic mass is 9.95. The highest BCUT2D eigenvalue weighted by molar-refractivity contribution is 5.65. The fraction of sp³-hybridized carbons (Fsp3) is 0.538. The van der Waals surface area contributed by atoms with Crippen LogP contribution in [0.4, 0.5) is 13.2 Å². The minimum Gasteiger partial charge on any atom is -0.376 e. The number of unbranched alkanes of at least 4 members (excludes halogenated alkanes) is 3. The van der Waals surface area contributed by atoms with Crippen LogP contribution in [0.1, 0.15) is 76.0 Å². The maximum absolute atomic E-state index is 14.9. The van der Waals surface area contributed by atoms with E-state index >= 15 is 0 Å². The van der Waals surface area contributed by atoms with Crippen LogP contribution in [0, 0.1) is 17.5 Å². The molecule has 1 aliphatic rings. The first-order valence-corrected chi connectivity index (χ1v) is 11.5. The van der Waals surface area contributed by atoms with Crippen molar-refractivity contribution in [3.05, 3.63) is 58.9 Å². The highest BCUT2D eigenvalue weighted by Gasteiger charge is 2.26. The van der Waals surface area contributed by atoms with Crippen LogP contribution in [0.2, 0.25) is 0 Å². The third-order valence-electron chi connectivity index (χ3n) is 5.96. The number of ether oxygens (including phenoxy) is 2. The molecule has 1 saturated heterocycles. The van der Waals surface area contributed by atoms with Gasteiger partial charge >= 0.3 is 0 Å². The number of hydrogen-bond acceptors (Lipinski definition) is 2. The van der Waals surface area contributed by atoms with Gasteiger partial charge in [0.1, 0.15) is 5.82 Å². The van der Waals surface area contributed by atoms with Crippen LogP contribution in [0.15, 0.2) is 30.3 Å². The van der Waals surface area contributed by atoms with E-state index in [-0.39, 0.29) is 17.8 Å². The summed E-state index contributed by atoms with van der Waals surface area (Å²) >= 11 is 0. The van der Waals surface area contributed by atoms with Gasteiger partial charge in [-0.2, -0.15) is 0 Å². The molecule has 2 aromatic rings. The van der Waals surface area contributed by atoms with Crippen LogP contribution in [-0.4, -0.2) is 19.3 Å². The molecule has 0 aliphatic carbocycles. The average Bonchev–Trinajstić information content (AvgIpc) is 2.78. The molecule has 2 nitrogen and oxygen atoms in total. The Morgan fingerprint density at radius 2 is 1.74 bits per heavy atom. The van der Waals surface area contributed by atoms with E-state index in [4.69, 9.17) is 9.47 Å². The van der Waals surface area contributed by atoms with Crippen LogP contribution in [-0.2, 0) is 15.9 Å². The second-order valence-corrected chi connectivity index (χ2v) is 8.34. The second-order valence-electron chi connectivity index (χ2n) is 8.34. The van der Waals surface area contributed by atoms with Crippen molar-refractivity contribution in [3.8, 4) is 11.1 Å². The van der Waals surface area contributed by atoms with E-state index in [0.717, 1.165) is 45.1 Å². The lowest BCUT2D eigenvalue weighted by Crippen LogP contribution is -2.28. The number of rotatable bonds is 10. The number of aryl methyl sites for hydroxylation is 1. The standard InChI is InChI=1S/C26H33F3O2/c1-3-5-7-8-18-9-12-21(26(29)25(18)28)19-10-13-22(23(27)16-19)24-14-11-20(17-31-24)30-15-6-4-2/h9-10,12-13,16,20,24H,3-8,11,14-15,17H2,1-2H3. The minimum absolute atomic E-state index is 0.0537. The normalized spacial score (nSPS) is 19.0. The largest absolute Gasteiger partial charge is 0.376 e. The summed E-state index contributed by atoms with van der Waals surface area (Å²) in [6.45, 7) is 5.34. The first kappa shape index (κ1) is 23.8. The van der Waals surface area contributed by atoms with Crippen LogP contribution >= 0.6 is 0 Å². The van der Waals surface area contributed by atoms with Gasteiger partial charge in [-0.15, -0.1) is 0 Å². The molecule has 2 unspecified atom stereocenters. The SMILES string of the molecule is CCCCCc1ccc(-c2ccc(C3CCC(OCCCC)CO3)c(F)c2)c(F)c1F. The minimum atomic E-state index is -0.915. The van der Waals surface area contributed by atoms with Crippen LogP contribution < -0.4 is 0 Å². The van der Waals surface area contributed by atoms with Crippen molar-refractivity contribution < 1.29 is 22.6 Å². The molecule has 0 radical (unpaired) electrons. The van der Waals surface area contributed by atoms with Gasteiger partial charge in [-0.1, -0.05) is 57.4 Å². The van der Waals surface area contributed by atoms with Gasteiger partial charge in [0.15, 0.2) is 11.6 Å². The Kier molecular flexibility index (Phi) is 8.97. The molecule has 5 heteroatoms. The molecule has 3 rings (SSSR count). The van der Waals surface area contributed by atoms with Gasteiger partial charge in [-0.3, -0.25) is 0 Å². The van der Waals surface area contributed by atoms with Gasteiger partial charge < -0.3 is 9.47 Å². The van der Waals surface area contributed by atoms with Crippen molar-refractivity contribution in [1.29, 1.82) is 0 Å². The molecule has 0 spiro atoms. The number of benzene rings is 2. The van der Waals surface area contributed by atoms with Crippen molar-refractivity contribution >= 4 is 0 Å². The third-order valence-corrected chi connectivity index (χ3v) is 5.96. The molecule has 0 amide bonds. The fourth-order valence-corrected chi connectivity index (χ4v) is 4.03. The summed E-state index contributed by atoms with van der Waals surface area (Å²) in [4.78, 5) is 0. The Hall–Kier alpha value is -1.85. The second kappa shape index (κ2) is 11.7. The highest BCUT2D eigenvalue weighted by Crippen LogP contribution is 2.34. The molecular formula is C26H33F3O2. The molecule has 2 aromatic carbocycles. The molecule has 1 fully saturated rings. The lowest BCUT2D eigenvalue weighted by molar-refractivity contribution is -0.0880. The number of hydrogen-bond donors (Lipinski definition) is 0. The Morgan fingerprint density at radius 3 is 2.42 bits per heavy atom. The molecule has 1 aliphatic heterocycles. The zero-order valence-corrected chi connectivity index (χ0v) is 18.6. The molecule has 2 atom stereocenters. The van der Waals surface area contributed by atoms with Gasteiger partial charge in [0.05, 0.1) is 18.8 Å². The van der Waals surface area contributed by atoms with Gasteiger partial charge in [0, 0.05) is 17.7 Å². The molecule has 0 aromatic heterocycles. The van der Waals surface area contributed by atoms with E-state index in [2.05, 4.69) is 13.8 Å². The zero-order valence-electron chi connectivity index (χ0n) is 18.6. The summed E-state index contributed by atoms with van der Waals surface area (Å²) in [5.41, 5.74) is 1.23. The highest BCUT2D eigenvalue weighted by atomic mass is 19.2. The zero-order chi connectivity index (χ0) is 22.2. The van der Waals surface area contributed by atoms with Gasteiger partial charge in [-0.05, 0) is 49.3 Å². The van der Waals surface area contributed by atoms with E-state index in [1.54, 1.807) is 24.3 Å². The molecule has 0 bridgehead atoms. The molecular weight excluding hydrogens is 401 g/mol. The topological polar surface area (TPSA) is 18.5 Å². The van der Waals surface area contributed by atoms with E-state index < -0.39 is 17.5 Å². The monoisotopic (exact) mass is 434 g/mol. The van der Waals surface area contributed by atoms with Gasteiger partial charge in [0.2, 0.25) is 0 Å². The van der Waals surface area contributed by atoms with E-state index in [9.17, 15) is 13.2 Å². The third kappa shape index (κ3) is 6.11. The van der Waals surface area contributed by atoms with E-state index in [1.165, 1.54) is 6.07 Å². The van der Waals surface area contributed by atoms with Crippen molar-refractivity contribution in [2.45, 2.75) is 77.4 Å². The van der Waals surface area contributed by atoms with E-state index in [1.807, 2.05) is 0 Å². The van der Waals surface area contributed by atoms with Crippen molar-refractivity contribution in [2.24, 2.45) is 0 Å². The summed E-state index contributed by atoms with van der Waals surface area (Å²) in [7, 11) is 0. The summed E-state index contributed by atoms with van der Waals surface area (Å²) in [5.74, 6) is -2.20. The van der Waals surface area contributed by atoms with Crippen LogP contribution in [0.25, 0.3) is 11.1 Å². The summed E-state index contributed by atoms with van der Waals surface area (Å²) in [6.07, 6.45) is 6.62. The Morgan fingerprint density at radius 1 is 0.935 bits per heavy atom. The Labute approximate surface area is 183 Å². The van der Waals surface area contributed by atoms with Crippen LogP contribution in [0.3, 0.4) is 0 Å². The summed E-state index contributed by atoms with van der Waals surface area (Å²) in [5, 5.41) is 0. The Balaban J connectivity index is 1.68. The number of halogens is 3. The fourth-order valence-electron chi connectivity index (χ4n) is 4.03. The van der Waals surface area contributed by atoms with Gasteiger partial charge in [-0.25, -0.2) is 13.2 Å². The quantitative estimate of drug-likeness (QED) is 0.360. The van der Waals surface area contributed by atoms with E-state index in [0.29, 0.717) is 36.1 Å². The Bertz CT molecular complexity index is 845. The lowest BCUT2D eigenvalue weighted by Gasteiger charge is -2.29. The molecule has 31 heavy (non-hydrogen) atoms. The predicted molar refractivity (Wildman–Crippen MR) is 118 cm³/mol. The predicted octanol–water partition coefficient (Wildman–Crippen LogP) is 7.54.